The van der Waals surface area contributed by atoms with Gasteiger partial charge >= 0.3 is 0 Å². The van der Waals surface area contributed by atoms with E-state index in [4.69, 9.17) is 0 Å². The highest BCUT2D eigenvalue weighted by Crippen LogP contribution is 2.14. The molecule has 0 bridgehead atoms. The predicted molar refractivity (Wildman–Crippen MR) is 81.0 cm³/mol. The van der Waals surface area contributed by atoms with Gasteiger partial charge in [-0.1, -0.05) is 89.7 Å². The first-order valence-electron chi connectivity index (χ1n) is 8.17. The Morgan fingerprint density at radius 2 is 1.17 bits per heavy atom. The summed E-state index contributed by atoms with van der Waals surface area (Å²) in [4.78, 5) is 10.5. The Kier molecular flexibility index (Phi) is 14.3. The van der Waals surface area contributed by atoms with Crippen molar-refractivity contribution in [2.75, 3.05) is 0 Å². The van der Waals surface area contributed by atoms with Gasteiger partial charge < -0.3 is 0 Å². The van der Waals surface area contributed by atoms with E-state index in [1.165, 1.54) is 64.2 Å². The van der Waals surface area contributed by atoms with Crippen molar-refractivity contribution in [3.63, 3.8) is 0 Å². The Morgan fingerprint density at radius 1 is 0.667 bits per heavy atom. The molecule has 108 valence electrons. The first-order valence-corrected chi connectivity index (χ1v) is 8.17. The van der Waals surface area contributed by atoms with Gasteiger partial charge in [0, 0.05) is 0 Å². The van der Waals surface area contributed by atoms with E-state index in [1.807, 2.05) is 0 Å². The van der Waals surface area contributed by atoms with Crippen LogP contribution in [0.4, 0.5) is 0 Å². The van der Waals surface area contributed by atoms with Crippen molar-refractivity contribution in [3.8, 4) is 0 Å². The van der Waals surface area contributed by atoms with Gasteiger partial charge in [0.2, 0.25) is 0 Å². The lowest BCUT2D eigenvalue weighted by molar-refractivity contribution is 0.501. The largest absolute Gasteiger partial charge is 0.151 e. The lowest BCUT2D eigenvalue weighted by Crippen LogP contribution is -2.02. The third kappa shape index (κ3) is 12.1. The number of hydrogen-bond acceptors (Lipinski definition) is 2. The van der Waals surface area contributed by atoms with Crippen LogP contribution in [-0.4, -0.2) is 6.04 Å². The average Bonchev–Trinajstić information content (AvgIpc) is 2.39. The normalized spacial score (nSPS) is 12.6. The molecule has 0 aliphatic heterocycles. The number of hydrogen-bond donors (Lipinski definition) is 0. The Hall–Kier alpha value is -0.400. The van der Waals surface area contributed by atoms with E-state index in [9.17, 15) is 4.91 Å². The van der Waals surface area contributed by atoms with Crippen LogP contribution < -0.4 is 0 Å². The van der Waals surface area contributed by atoms with Crippen molar-refractivity contribution < 1.29 is 0 Å². The molecule has 0 heterocycles. The van der Waals surface area contributed by atoms with E-state index < -0.39 is 0 Å². The van der Waals surface area contributed by atoms with Crippen LogP contribution in [0.25, 0.3) is 0 Å². The predicted octanol–water partition coefficient (Wildman–Crippen LogP) is 6.23. The van der Waals surface area contributed by atoms with E-state index >= 15 is 0 Å². The number of unbranched alkanes of at least 4 members (excludes halogenated alkanes) is 9. The van der Waals surface area contributed by atoms with Crippen molar-refractivity contribution in [2.24, 2.45) is 5.18 Å². The van der Waals surface area contributed by atoms with Gasteiger partial charge in [0.15, 0.2) is 0 Å². The molecule has 0 radical (unpaired) electrons. The fraction of sp³-hybridized carbons (Fsp3) is 1.00. The van der Waals surface area contributed by atoms with E-state index in [-0.39, 0.29) is 6.04 Å². The zero-order valence-corrected chi connectivity index (χ0v) is 12.6. The van der Waals surface area contributed by atoms with Crippen LogP contribution in [-0.2, 0) is 0 Å². The summed E-state index contributed by atoms with van der Waals surface area (Å²) in [6.45, 7) is 4.39. The molecule has 0 aromatic carbocycles. The molecule has 0 spiro atoms. The SMILES string of the molecule is CCCCCCCCCCCCC(CCC)N=O. The van der Waals surface area contributed by atoms with E-state index in [0.29, 0.717) is 0 Å². The van der Waals surface area contributed by atoms with Crippen molar-refractivity contribution in [3.05, 3.63) is 4.91 Å². The summed E-state index contributed by atoms with van der Waals surface area (Å²) in [6, 6.07) is 0.0871. The van der Waals surface area contributed by atoms with E-state index in [0.717, 1.165) is 19.3 Å². The Balaban J connectivity index is 3.13. The van der Waals surface area contributed by atoms with Gasteiger partial charge in [-0.3, -0.25) is 0 Å². The number of nitroso groups, excluding NO2 is 1. The molecule has 0 saturated heterocycles. The zero-order valence-electron chi connectivity index (χ0n) is 12.6. The van der Waals surface area contributed by atoms with Gasteiger partial charge in [-0.15, -0.1) is 0 Å². The molecular formula is C16H33NO. The highest BCUT2D eigenvalue weighted by molar-refractivity contribution is 4.64. The van der Waals surface area contributed by atoms with Crippen LogP contribution >= 0.6 is 0 Å². The topological polar surface area (TPSA) is 29.4 Å². The van der Waals surface area contributed by atoms with E-state index in [1.54, 1.807) is 0 Å². The second kappa shape index (κ2) is 14.7. The molecule has 0 aromatic heterocycles. The van der Waals surface area contributed by atoms with Crippen LogP contribution in [0.1, 0.15) is 97.3 Å². The summed E-state index contributed by atoms with van der Waals surface area (Å²) >= 11 is 0. The highest BCUT2D eigenvalue weighted by atomic mass is 16.3. The smallest absolute Gasteiger partial charge is 0.0919 e. The van der Waals surface area contributed by atoms with Crippen LogP contribution in [0.15, 0.2) is 5.18 Å². The maximum atomic E-state index is 10.5. The van der Waals surface area contributed by atoms with Crippen molar-refractivity contribution in [1.29, 1.82) is 0 Å². The molecule has 0 aliphatic rings. The minimum atomic E-state index is 0.0871. The first kappa shape index (κ1) is 17.6. The molecule has 1 atom stereocenters. The number of rotatable bonds is 14. The molecule has 0 rings (SSSR count). The molecule has 0 aliphatic carbocycles. The first-order chi connectivity index (χ1) is 8.85. The van der Waals surface area contributed by atoms with Crippen molar-refractivity contribution in [2.45, 2.75) is 103 Å². The minimum absolute atomic E-state index is 0.0871. The molecule has 0 saturated carbocycles. The number of nitrogens with zero attached hydrogens (tertiary/aromatic N) is 1. The molecule has 1 unspecified atom stereocenters. The fourth-order valence-corrected chi connectivity index (χ4v) is 2.45. The van der Waals surface area contributed by atoms with Crippen LogP contribution in [0.5, 0.6) is 0 Å². The summed E-state index contributed by atoms with van der Waals surface area (Å²) in [7, 11) is 0. The summed E-state index contributed by atoms with van der Waals surface area (Å²) in [6.07, 6.45) is 16.6. The van der Waals surface area contributed by atoms with Gasteiger partial charge in [-0.05, 0) is 12.8 Å². The molecule has 2 nitrogen and oxygen atoms in total. The van der Waals surface area contributed by atoms with Gasteiger partial charge in [-0.2, -0.15) is 4.91 Å². The standard InChI is InChI=1S/C16H33NO/c1-3-5-6-7-8-9-10-11-12-13-15-16(17-18)14-4-2/h16H,3-15H2,1-2H3. The summed E-state index contributed by atoms with van der Waals surface area (Å²) in [5, 5.41) is 3.20. The van der Waals surface area contributed by atoms with Crippen molar-refractivity contribution in [1.82, 2.24) is 0 Å². The van der Waals surface area contributed by atoms with Gasteiger partial charge in [0.25, 0.3) is 0 Å². The summed E-state index contributed by atoms with van der Waals surface area (Å²) in [5.41, 5.74) is 0. The van der Waals surface area contributed by atoms with Crippen molar-refractivity contribution >= 4 is 0 Å². The van der Waals surface area contributed by atoms with Crippen LogP contribution in [0.3, 0.4) is 0 Å². The third-order valence-electron chi connectivity index (χ3n) is 3.66. The molecule has 2 heteroatoms. The third-order valence-corrected chi connectivity index (χ3v) is 3.66. The maximum Gasteiger partial charge on any atom is 0.0919 e. The summed E-state index contributed by atoms with van der Waals surface area (Å²) in [5.74, 6) is 0. The Morgan fingerprint density at radius 3 is 1.61 bits per heavy atom. The quantitative estimate of drug-likeness (QED) is 0.267. The molecular weight excluding hydrogens is 222 g/mol. The Labute approximate surface area is 114 Å². The van der Waals surface area contributed by atoms with Crippen LogP contribution in [0.2, 0.25) is 0 Å². The zero-order chi connectivity index (χ0) is 13.5. The lowest BCUT2D eigenvalue weighted by Gasteiger charge is -2.07. The minimum Gasteiger partial charge on any atom is -0.151 e. The van der Waals surface area contributed by atoms with E-state index in [2.05, 4.69) is 19.0 Å². The molecule has 0 aromatic rings. The lowest BCUT2D eigenvalue weighted by atomic mass is 10.0. The average molecular weight is 255 g/mol. The fourth-order valence-electron chi connectivity index (χ4n) is 2.45. The molecule has 0 fully saturated rings. The second-order valence-electron chi connectivity index (χ2n) is 5.52. The molecule has 18 heavy (non-hydrogen) atoms. The highest BCUT2D eigenvalue weighted by Gasteiger charge is 2.06. The Bertz CT molecular complexity index is 170. The van der Waals surface area contributed by atoms with Gasteiger partial charge in [0.1, 0.15) is 0 Å². The molecule has 0 amide bonds. The van der Waals surface area contributed by atoms with Gasteiger partial charge in [-0.25, -0.2) is 0 Å². The molecule has 0 N–H and O–H groups in total. The van der Waals surface area contributed by atoms with Gasteiger partial charge in [0.05, 0.1) is 6.04 Å². The van der Waals surface area contributed by atoms with Crippen LogP contribution in [0, 0.1) is 4.91 Å². The monoisotopic (exact) mass is 255 g/mol. The second-order valence-corrected chi connectivity index (χ2v) is 5.52. The maximum absolute atomic E-state index is 10.5. The summed E-state index contributed by atoms with van der Waals surface area (Å²) < 4.78 is 0.